The van der Waals surface area contributed by atoms with E-state index in [0.717, 1.165) is 18.4 Å². The van der Waals surface area contributed by atoms with E-state index in [9.17, 15) is 8.42 Å². The third kappa shape index (κ3) is 3.65. The van der Waals surface area contributed by atoms with Crippen molar-refractivity contribution in [1.82, 2.24) is 9.62 Å². The Morgan fingerprint density at radius 2 is 1.90 bits per heavy atom. The van der Waals surface area contributed by atoms with Crippen LogP contribution in [0.1, 0.15) is 44.7 Å². The van der Waals surface area contributed by atoms with Gasteiger partial charge in [0.2, 0.25) is 10.0 Å². The molecule has 1 atom stereocenters. The van der Waals surface area contributed by atoms with Gasteiger partial charge >= 0.3 is 0 Å². The molecule has 1 aliphatic carbocycles. The number of hydrogen-bond acceptors (Lipinski definition) is 3. The molecule has 0 saturated heterocycles. The van der Waals surface area contributed by atoms with E-state index in [2.05, 4.69) is 12.2 Å². The molecule has 0 aliphatic heterocycles. The molecule has 4 nitrogen and oxygen atoms in total. The van der Waals surface area contributed by atoms with Gasteiger partial charge in [0.15, 0.2) is 0 Å². The van der Waals surface area contributed by atoms with Crippen LogP contribution in [0, 0.1) is 5.92 Å². The van der Waals surface area contributed by atoms with E-state index >= 15 is 0 Å². The first-order valence-electron chi connectivity index (χ1n) is 7.76. The fourth-order valence-corrected chi connectivity index (χ4v) is 4.13. The molecule has 118 valence electrons. The van der Waals surface area contributed by atoms with Gasteiger partial charge in [-0.2, -0.15) is 4.31 Å². The van der Waals surface area contributed by atoms with Crippen LogP contribution in [0.15, 0.2) is 29.2 Å². The molecule has 1 N–H and O–H groups in total. The summed E-state index contributed by atoms with van der Waals surface area (Å²) in [5.74, 6) is 0.545. The first kappa shape index (κ1) is 16.5. The monoisotopic (exact) mass is 310 g/mol. The lowest BCUT2D eigenvalue weighted by molar-refractivity contribution is 0.250. The van der Waals surface area contributed by atoms with Crippen molar-refractivity contribution in [3.05, 3.63) is 29.8 Å². The average molecular weight is 310 g/mol. The molecule has 1 aromatic carbocycles. The van der Waals surface area contributed by atoms with E-state index < -0.39 is 10.0 Å². The van der Waals surface area contributed by atoms with Crippen molar-refractivity contribution >= 4 is 10.0 Å². The number of nitrogens with one attached hydrogen (secondary N) is 1. The third-order valence-electron chi connectivity index (χ3n) is 4.49. The fourth-order valence-electron chi connectivity index (χ4n) is 2.60. The molecule has 0 aromatic heterocycles. The normalized spacial score (nSPS) is 17.7. The van der Waals surface area contributed by atoms with Crippen molar-refractivity contribution in [2.45, 2.75) is 44.0 Å². The molecule has 0 amide bonds. The summed E-state index contributed by atoms with van der Waals surface area (Å²) in [5.41, 5.74) is 1.10. The Labute approximate surface area is 128 Å². The first-order valence-corrected chi connectivity index (χ1v) is 9.20. The summed E-state index contributed by atoms with van der Waals surface area (Å²) in [6.45, 7) is 5.16. The van der Waals surface area contributed by atoms with E-state index in [-0.39, 0.29) is 6.04 Å². The minimum atomic E-state index is -3.36. The smallest absolute Gasteiger partial charge is 0.243 e. The summed E-state index contributed by atoms with van der Waals surface area (Å²) >= 11 is 0. The second-order valence-corrected chi connectivity index (χ2v) is 7.77. The van der Waals surface area contributed by atoms with Gasteiger partial charge in [-0.05, 0) is 50.4 Å². The van der Waals surface area contributed by atoms with E-state index in [0.29, 0.717) is 23.9 Å². The summed E-state index contributed by atoms with van der Waals surface area (Å²) in [6, 6.07) is 7.46. The molecule has 1 aliphatic rings. The number of rotatable bonds is 7. The van der Waals surface area contributed by atoms with Crippen molar-refractivity contribution in [2.75, 3.05) is 20.1 Å². The molecule has 21 heavy (non-hydrogen) atoms. The number of nitrogens with zero attached hydrogens (tertiary/aromatic N) is 1. The second-order valence-electron chi connectivity index (χ2n) is 5.83. The van der Waals surface area contributed by atoms with Gasteiger partial charge in [0.05, 0.1) is 4.90 Å². The standard InChI is InChI=1S/C16H26N2O2S/c1-4-18(12-14-6-5-7-14)21(19,20)16-10-8-15(9-11-16)13(2)17-3/h8-11,13-14,17H,4-7,12H2,1-3H3. The van der Waals surface area contributed by atoms with Crippen LogP contribution in [0.3, 0.4) is 0 Å². The van der Waals surface area contributed by atoms with Gasteiger partial charge in [-0.15, -0.1) is 0 Å². The molecule has 0 radical (unpaired) electrons. The highest BCUT2D eigenvalue weighted by atomic mass is 32.2. The summed E-state index contributed by atoms with van der Waals surface area (Å²) in [7, 11) is -1.46. The summed E-state index contributed by atoms with van der Waals surface area (Å²) in [6.07, 6.45) is 3.55. The molecule has 0 heterocycles. The quantitative estimate of drug-likeness (QED) is 0.842. The highest BCUT2D eigenvalue weighted by Gasteiger charge is 2.28. The number of benzene rings is 1. The summed E-state index contributed by atoms with van der Waals surface area (Å²) in [5, 5.41) is 3.15. The average Bonchev–Trinajstić information content (AvgIpc) is 2.45. The Balaban J connectivity index is 2.16. The van der Waals surface area contributed by atoms with Crippen LogP contribution < -0.4 is 5.32 Å². The maximum Gasteiger partial charge on any atom is 0.243 e. The van der Waals surface area contributed by atoms with Gasteiger partial charge in [-0.1, -0.05) is 25.5 Å². The van der Waals surface area contributed by atoms with E-state index in [1.807, 2.05) is 26.1 Å². The molecule has 1 aromatic rings. The lowest BCUT2D eigenvalue weighted by Gasteiger charge is -2.31. The van der Waals surface area contributed by atoms with Crippen molar-refractivity contribution in [3.63, 3.8) is 0 Å². The van der Waals surface area contributed by atoms with Crippen LogP contribution in [-0.2, 0) is 10.0 Å². The lowest BCUT2D eigenvalue weighted by atomic mass is 9.85. The summed E-state index contributed by atoms with van der Waals surface area (Å²) < 4.78 is 27.0. The SMILES string of the molecule is CCN(CC1CCC1)S(=O)(=O)c1ccc(C(C)NC)cc1. The van der Waals surface area contributed by atoms with Crippen LogP contribution in [0.5, 0.6) is 0 Å². The second kappa shape index (κ2) is 6.90. The minimum Gasteiger partial charge on any atom is -0.313 e. The Bertz CT molecular complexity index is 550. The van der Waals surface area contributed by atoms with Crippen molar-refractivity contribution in [3.8, 4) is 0 Å². The fraction of sp³-hybridized carbons (Fsp3) is 0.625. The maximum absolute atomic E-state index is 12.7. The minimum absolute atomic E-state index is 0.221. The van der Waals surface area contributed by atoms with Crippen LogP contribution >= 0.6 is 0 Å². The highest BCUT2D eigenvalue weighted by molar-refractivity contribution is 7.89. The van der Waals surface area contributed by atoms with Gasteiger partial charge in [-0.3, -0.25) is 0 Å². The Hall–Kier alpha value is -0.910. The van der Waals surface area contributed by atoms with E-state index in [1.165, 1.54) is 6.42 Å². The van der Waals surface area contributed by atoms with Crippen LogP contribution in [0.25, 0.3) is 0 Å². The van der Waals surface area contributed by atoms with Gasteiger partial charge in [0, 0.05) is 19.1 Å². The molecule has 1 fully saturated rings. The topological polar surface area (TPSA) is 49.4 Å². The van der Waals surface area contributed by atoms with Gasteiger partial charge in [0.25, 0.3) is 0 Å². The number of sulfonamides is 1. The van der Waals surface area contributed by atoms with Crippen LogP contribution in [0.2, 0.25) is 0 Å². The number of hydrogen-bond donors (Lipinski definition) is 1. The molecular formula is C16H26N2O2S. The summed E-state index contributed by atoms with van der Waals surface area (Å²) in [4.78, 5) is 0.399. The van der Waals surface area contributed by atoms with Gasteiger partial charge in [-0.25, -0.2) is 8.42 Å². The molecule has 0 spiro atoms. The molecule has 1 unspecified atom stereocenters. The molecule has 1 saturated carbocycles. The Morgan fingerprint density at radius 1 is 1.29 bits per heavy atom. The highest BCUT2D eigenvalue weighted by Crippen LogP contribution is 2.29. The predicted molar refractivity (Wildman–Crippen MR) is 85.7 cm³/mol. The van der Waals surface area contributed by atoms with Crippen molar-refractivity contribution in [2.24, 2.45) is 5.92 Å². The van der Waals surface area contributed by atoms with Gasteiger partial charge in [0.1, 0.15) is 0 Å². The zero-order valence-electron chi connectivity index (χ0n) is 13.2. The van der Waals surface area contributed by atoms with Crippen molar-refractivity contribution < 1.29 is 8.42 Å². The Kier molecular flexibility index (Phi) is 5.41. The molecule has 2 rings (SSSR count). The van der Waals surface area contributed by atoms with Crippen LogP contribution in [-0.4, -0.2) is 32.9 Å². The lowest BCUT2D eigenvalue weighted by Crippen LogP contribution is -2.37. The first-order chi connectivity index (χ1) is 9.98. The van der Waals surface area contributed by atoms with E-state index in [4.69, 9.17) is 0 Å². The molecular weight excluding hydrogens is 284 g/mol. The third-order valence-corrected chi connectivity index (χ3v) is 6.45. The predicted octanol–water partition coefficient (Wildman–Crippen LogP) is 2.78. The molecule has 0 bridgehead atoms. The maximum atomic E-state index is 12.7. The zero-order valence-corrected chi connectivity index (χ0v) is 14.0. The van der Waals surface area contributed by atoms with Gasteiger partial charge < -0.3 is 5.32 Å². The van der Waals surface area contributed by atoms with E-state index in [1.54, 1.807) is 16.4 Å². The zero-order chi connectivity index (χ0) is 15.5. The van der Waals surface area contributed by atoms with Crippen molar-refractivity contribution in [1.29, 1.82) is 0 Å². The van der Waals surface area contributed by atoms with Crippen LogP contribution in [0.4, 0.5) is 0 Å². The molecule has 5 heteroatoms. The Morgan fingerprint density at radius 3 is 2.33 bits per heavy atom. The largest absolute Gasteiger partial charge is 0.313 e.